The Kier molecular flexibility index (Phi) is 9.14. The van der Waals surface area contributed by atoms with Crippen molar-refractivity contribution in [2.45, 2.75) is 13.3 Å². The van der Waals surface area contributed by atoms with Gasteiger partial charge >= 0.3 is 0 Å². The molecule has 0 N–H and O–H groups in total. The molecule has 314 valence electrons. The Hall–Kier alpha value is -8.66. The van der Waals surface area contributed by atoms with Gasteiger partial charge in [-0.25, -0.2) is 9.97 Å². The lowest BCUT2D eigenvalue weighted by molar-refractivity contribution is 1.09. The molecule has 0 fully saturated rings. The van der Waals surface area contributed by atoms with Gasteiger partial charge in [-0.15, -0.1) is 0 Å². The van der Waals surface area contributed by atoms with Crippen molar-refractivity contribution in [1.82, 2.24) is 14.5 Å². The topological polar surface area (TPSA) is 30.7 Å². The van der Waals surface area contributed by atoms with Gasteiger partial charge in [0, 0.05) is 33.8 Å². The molecule has 3 heteroatoms. The van der Waals surface area contributed by atoms with Crippen molar-refractivity contribution in [1.29, 1.82) is 0 Å². The van der Waals surface area contributed by atoms with Crippen molar-refractivity contribution < 1.29 is 0 Å². The van der Waals surface area contributed by atoms with Gasteiger partial charge in [0.2, 0.25) is 0 Å². The fourth-order valence-corrected chi connectivity index (χ4v) is 10.4. The molecular weight excluding hydrogens is 811 g/mol. The SMILES string of the molecule is CCc1cccc(-n2c3ccc(-c4ccc(-c5cccc(-c6ccc7c(-c8ccc9ccccc9c8)c8ccccc8c(-c8ccc9ccccc9c8)c7c6)n5)cc4)cc3c3cccnc32)c1. The molecule has 0 aliphatic carbocycles. The van der Waals surface area contributed by atoms with Gasteiger partial charge in [-0.1, -0.05) is 165 Å². The van der Waals surface area contributed by atoms with Crippen molar-refractivity contribution >= 4 is 65.0 Å². The Labute approximate surface area is 388 Å². The van der Waals surface area contributed by atoms with Gasteiger partial charge in [0.15, 0.2) is 0 Å². The second kappa shape index (κ2) is 15.8. The summed E-state index contributed by atoms with van der Waals surface area (Å²) < 4.78 is 2.29. The molecule has 3 heterocycles. The monoisotopic (exact) mass is 853 g/mol. The molecule has 3 nitrogen and oxygen atoms in total. The minimum atomic E-state index is 0.938. The third-order valence-electron chi connectivity index (χ3n) is 13.8. The summed E-state index contributed by atoms with van der Waals surface area (Å²) >= 11 is 0. The van der Waals surface area contributed by atoms with Crippen LogP contribution in [0.2, 0.25) is 0 Å². The minimum absolute atomic E-state index is 0.938. The maximum Gasteiger partial charge on any atom is 0.145 e. The molecule has 0 radical (unpaired) electrons. The summed E-state index contributed by atoms with van der Waals surface area (Å²) in [4.78, 5) is 10.2. The number of aryl methyl sites for hydroxylation is 1. The Balaban J connectivity index is 0.913. The number of hydrogen-bond acceptors (Lipinski definition) is 2. The molecule has 0 spiro atoms. The predicted octanol–water partition coefficient (Wildman–Crippen LogP) is 17.1. The van der Waals surface area contributed by atoms with Crippen LogP contribution in [0.1, 0.15) is 12.5 Å². The van der Waals surface area contributed by atoms with Crippen LogP contribution >= 0.6 is 0 Å². The molecule has 13 rings (SSSR count). The van der Waals surface area contributed by atoms with E-state index in [2.05, 4.69) is 230 Å². The van der Waals surface area contributed by atoms with Gasteiger partial charge < -0.3 is 0 Å². The van der Waals surface area contributed by atoms with E-state index in [1.807, 2.05) is 12.3 Å². The van der Waals surface area contributed by atoms with Crippen molar-refractivity contribution in [3.63, 3.8) is 0 Å². The van der Waals surface area contributed by atoms with Crippen molar-refractivity contribution in [3.8, 4) is 61.6 Å². The van der Waals surface area contributed by atoms with Crippen molar-refractivity contribution in [2.75, 3.05) is 0 Å². The minimum Gasteiger partial charge on any atom is -0.294 e. The first-order valence-electron chi connectivity index (χ1n) is 23.2. The lowest BCUT2D eigenvalue weighted by atomic mass is 9.84. The highest BCUT2D eigenvalue weighted by Crippen LogP contribution is 2.46. The fraction of sp³-hybridized carbons (Fsp3) is 0.0312. The molecule has 0 saturated heterocycles. The molecule has 0 bridgehead atoms. The molecular formula is C64H43N3. The van der Waals surface area contributed by atoms with E-state index >= 15 is 0 Å². The number of rotatable bonds is 7. The fourth-order valence-electron chi connectivity index (χ4n) is 10.4. The quantitative estimate of drug-likeness (QED) is 0.150. The summed E-state index contributed by atoms with van der Waals surface area (Å²) in [6.45, 7) is 2.20. The van der Waals surface area contributed by atoms with Gasteiger partial charge in [0.25, 0.3) is 0 Å². The first kappa shape index (κ1) is 38.8. The average molecular weight is 854 g/mol. The molecule has 10 aromatic carbocycles. The van der Waals surface area contributed by atoms with E-state index in [0.717, 1.165) is 56.7 Å². The average Bonchev–Trinajstić information content (AvgIpc) is 3.73. The first-order chi connectivity index (χ1) is 33.1. The molecule has 0 unspecified atom stereocenters. The van der Waals surface area contributed by atoms with Gasteiger partial charge in [0.05, 0.1) is 16.9 Å². The number of benzene rings is 10. The summed E-state index contributed by atoms with van der Waals surface area (Å²) in [6.07, 6.45) is 2.87. The second-order valence-electron chi connectivity index (χ2n) is 17.6. The van der Waals surface area contributed by atoms with Crippen LogP contribution in [-0.2, 0) is 6.42 Å². The Morgan fingerprint density at radius 1 is 0.358 bits per heavy atom. The van der Waals surface area contributed by atoms with E-state index in [0.29, 0.717) is 0 Å². The smallest absolute Gasteiger partial charge is 0.145 e. The molecule has 0 aliphatic heterocycles. The summed E-state index contributed by atoms with van der Waals surface area (Å²) in [5.41, 5.74) is 15.8. The zero-order valence-corrected chi connectivity index (χ0v) is 37.0. The largest absolute Gasteiger partial charge is 0.294 e. The van der Waals surface area contributed by atoms with Crippen LogP contribution in [0.3, 0.4) is 0 Å². The lowest BCUT2D eigenvalue weighted by Crippen LogP contribution is -1.96. The summed E-state index contributed by atoms with van der Waals surface area (Å²) in [5, 5.41) is 12.2. The van der Waals surface area contributed by atoms with Gasteiger partial charge in [-0.3, -0.25) is 4.57 Å². The summed E-state index contributed by atoms with van der Waals surface area (Å²) in [5.74, 6) is 0. The van der Waals surface area contributed by atoms with E-state index in [1.54, 1.807) is 0 Å². The van der Waals surface area contributed by atoms with E-state index in [9.17, 15) is 0 Å². The van der Waals surface area contributed by atoms with Gasteiger partial charge in [0.1, 0.15) is 5.65 Å². The van der Waals surface area contributed by atoms with E-state index < -0.39 is 0 Å². The molecule has 0 amide bonds. The zero-order valence-electron chi connectivity index (χ0n) is 37.0. The third kappa shape index (κ3) is 6.58. The van der Waals surface area contributed by atoms with Crippen LogP contribution in [-0.4, -0.2) is 14.5 Å². The van der Waals surface area contributed by atoms with E-state index in [4.69, 9.17) is 9.97 Å². The van der Waals surface area contributed by atoms with E-state index in [1.165, 1.54) is 81.9 Å². The van der Waals surface area contributed by atoms with Crippen molar-refractivity contribution in [2.24, 2.45) is 0 Å². The molecule has 0 saturated carbocycles. The standard InChI is InChI=1S/C64H43N3/c1-2-41-12-9-17-52(36-41)67-61-34-32-48(39-57(61)56-20-11-35-65-64(56)67)44-23-27-45(28-24-44)59-21-10-22-60(66-59)49-31-33-55-58(40-49)63(51-30-26-43-14-4-6-16-47(43)38-51)54-19-8-7-18-53(54)62(55)50-29-25-42-13-3-5-15-46(42)37-50/h3-40H,2H2,1H3. The zero-order chi connectivity index (χ0) is 44.4. The van der Waals surface area contributed by atoms with Gasteiger partial charge in [-0.05, 0) is 155 Å². The predicted molar refractivity (Wildman–Crippen MR) is 283 cm³/mol. The third-order valence-corrected chi connectivity index (χ3v) is 13.8. The van der Waals surface area contributed by atoms with Crippen LogP contribution in [0.15, 0.2) is 231 Å². The second-order valence-corrected chi connectivity index (χ2v) is 17.6. The molecule has 13 aromatic rings. The highest BCUT2D eigenvalue weighted by atomic mass is 15.0. The number of hydrogen-bond donors (Lipinski definition) is 0. The van der Waals surface area contributed by atoms with Crippen LogP contribution in [0.4, 0.5) is 0 Å². The molecule has 3 aromatic heterocycles. The maximum atomic E-state index is 5.35. The highest BCUT2D eigenvalue weighted by molar-refractivity contribution is 6.22. The van der Waals surface area contributed by atoms with Crippen molar-refractivity contribution in [3.05, 3.63) is 236 Å². The number of aromatic nitrogens is 3. The normalized spacial score (nSPS) is 11.7. The summed E-state index contributed by atoms with van der Waals surface area (Å²) in [6, 6.07) is 81.9. The molecule has 67 heavy (non-hydrogen) atoms. The summed E-state index contributed by atoms with van der Waals surface area (Å²) in [7, 11) is 0. The number of nitrogens with zero attached hydrogens (tertiary/aromatic N) is 3. The molecule has 0 atom stereocenters. The first-order valence-corrected chi connectivity index (χ1v) is 23.2. The Morgan fingerprint density at radius 3 is 1.63 bits per heavy atom. The Bertz CT molecular complexity index is 4080. The Morgan fingerprint density at radius 2 is 0.910 bits per heavy atom. The van der Waals surface area contributed by atoms with Crippen LogP contribution in [0.5, 0.6) is 0 Å². The highest BCUT2D eigenvalue weighted by Gasteiger charge is 2.19. The van der Waals surface area contributed by atoms with Crippen LogP contribution < -0.4 is 0 Å². The lowest BCUT2D eigenvalue weighted by Gasteiger charge is -2.19. The van der Waals surface area contributed by atoms with Crippen LogP contribution in [0.25, 0.3) is 127 Å². The van der Waals surface area contributed by atoms with Gasteiger partial charge in [-0.2, -0.15) is 0 Å². The van der Waals surface area contributed by atoms with E-state index in [-0.39, 0.29) is 0 Å². The number of pyridine rings is 2. The molecule has 0 aliphatic rings. The van der Waals surface area contributed by atoms with Crippen LogP contribution in [0, 0.1) is 0 Å². The maximum absolute atomic E-state index is 5.35. The number of fused-ring (bicyclic) bond motifs is 7.